The minimum atomic E-state index is -1.53. The maximum absolute atomic E-state index is 15.8. The summed E-state index contributed by atoms with van der Waals surface area (Å²) in [5.41, 5.74) is 0.230. The SMILES string of the molecule is COc1ccc([C@H]2OC[C@@]3(F)C2CO[C@H]3c2ccc(OC)cc2)cc1. The number of alkyl halides is 1. The smallest absolute Gasteiger partial charge is 0.172 e. The first-order valence-corrected chi connectivity index (χ1v) is 8.36. The largest absolute Gasteiger partial charge is 0.497 e. The molecule has 2 aliphatic heterocycles. The summed E-state index contributed by atoms with van der Waals surface area (Å²) < 4.78 is 37.9. The Morgan fingerprint density at radius 2 is 1.44 bits per heavy atom. The molecule has 0 radical (unpaired) electrons. The Labute approximate surface area is 146 Å². The molecule has 2 aliphatic rings. The number of ether oxygens (including phenoxy) is 4. The van der Waals surface area contributed by atoms with Gasteiger partial charge in [-0.3, -0.25) is 0 Å². The van der Waals surface area contributed by atoms with Gasteiger partial charge in [0.25, 0.3) is 0 Å². The summed E-state index contributed by atoms with van der Waals surface area (Å²) in [7, 11) is 3.23. The van der Waals surface area contributed by atoms with Crippen LogP contribution in [-0.4, -0.2) is 33.1 Å². The van der Waals surface area contributed by atoms with Gasteiger partial charge in [0.15, 0.2) is 5.67 Å². The van der Waals surface area contributed by atoms with Crippen molar-refractivity contribution in [1.82, 2.24) is 0 Å². The highest BCUT2D eigenvalue weighted by atomic mass is 19.1. The fourth-order valence-electron chi connectivity index (χ4n) is 3.80. The van der Waals surface area contributed by atoms with Gasteiger partial charge < -0.3 is 18.9 Å². The van der Waals surface area contributed by atoms with E-state index in [-0.39, 0.29) is 18.6 Å². The zero-order valence-corrected chi connectivity index (χ0v) is 14.3. The molecule has 132 valence electrons. The molecule has 2 saturated heterocycles. The lowest BCUT2D eigenvalue weighted by Gasteiger charge is -2.24. The molecule has 4 atom stereocenters. The summed E-state index contributed by atoms with van der Waals surface area (Å²) in [6, 6.07) is 15.0. The van der Waals surface area contributed by atoms with Gasteiger partial charge in [-0.2, -0.15) is 0 Å². The maximum atomic E-state index is 15.8. The van der Waals surface area contributed by atoms with Crippen molar-refractivity contribution < 1.29 is 23.3 Å². The van der Waals surface area contributed by atoms with Crippen LogP contribution in [0.25, 0.3) is 0 Å². The Morgan fingerprint density at radius 1 is 0.880 bits per heavy atom. The van der Waals surface area contributed by atoms with Crippen LogP contribution in [0.15, 0.2) is 48.5 Å². The summed E-state index contributed by atoms with van der Waals surface area (Å²) in [6.45, 7) is 0.370. The molecule has 4 rings (SSSR count). The van der Waals surface area contributed by atoms with Crippen LogP contribution < -0.4 is 9.47 Å². The number of benzene rings is 2. The first-order valence-electron chi connectivity index (χ1n) is 8.36. The minimum absolute atomic E-state index is 0.0328. The molecule has 2 fully saturated rings. The average Bonchev–Trinajstić information content (AvgIpc) is 3.16. The Hall–Kier alpha value is -2.11. The van der Waals surface area contributed by atoms with Crippen LogP contribution in [0.3, 0.4) is 0 Å². The van der Waals surface area contributed by atoms with Crippen molar-refractivity contribution in [1.29, 1.82) is 0 Å². The second kappa shape index (κ2) is 6.32. The molecule has 0 spiro atoms. The van der Waals surface area contributed by atoms with Crippen molar-refractivity contribution >= 4 is 0 Å². The normalized spacial score (nSPS) is 30.9. The molecular formula is C20H21FO4. The number of halogens is 1. The zero-order valence-electron chi connectivity index (χ0n) is 14.3. The van der Waals surface area contributed by atoms with Crippen LogP contribution in [0.1, 0.15) is 23.3 Å². The van der Waals surface area contributed by atoms with Gasteiger partial charge in [0.2, 0.25) is 0 Å². The fourth-order valence-corrected chi connectivity index (χ4v) is 3.80. The van der Waals surface area contributed by atoms with Crippen LogP contribution in [0.4, 0.5) is 4.39 Å². The van der Waals surface area contributed by atoms with E-state index in [4.69, 9.17) is 18.9 Å². The van der Waals surface area contributed by atoms with Gasteiger partial charge in [0.1, 0.15) is 17.6 Å². The van der Waals surface area contributed by atoms with Gasteiger partial charge in [-0.15, -0.1) is 0 Å². The van der Waals surface area contributed by atoms with Gasteiger partial charge in [0, 0.05) is 0 Å². The molecule has 25 heavy (non-hydrogen) atoms. The van der Waals surface area contributed by atoms with E-state index in [1.165, 1.54) is 0 Å². The Morgan fingerprint density at radius 3 is 2.00 bits per heavy atom. The molecule has 0 aromatic heterocycles. The summed E-state index contributed by atoms with van der Waals surface area (Å²) in [6.07, 6.45) is -0.925. The number of methoxy groups -OCH3 is 2. The highest BCUT2D eigenvalue weighted by Crippen LogP contribution is 2.55. The van der Waals surface area contributed by atoms with E-state index in [2.05, 4.69) is 0 Å². The number of rotatable bonds is 4. The Kier molecular flexibility index (Phi) is 4.13. The fraction of sp³-hybridized carbons (Fsp3) is 0.400. The molecule has 2 aromatic rings. The van der Waals surface area contributed by atoms with Gasteiger partial charge >= 0.3 is 0 Å². The van der Waals surface area contributed by atoms with E-state index < -0.39 is 11.8 Å². The first-order chi connectivity index (χ1) is 12.2. The number of hydrogen-bond donors (Lipinski definition) is 0. The predicted molar refractivity (Wildman–Crippen MR) is 90.7 cm³/mol. The standard InChI is InChI=1S/C20H21FO4/c1-22-15-7-3-13(4-8-15)18-17-11-24-19(20(17,21)12-25-18)14-5-9-16(23-2)10-6-14/h3-10,17-19H,11-12H2,1-2H3/t17?,18-,19+,20-/m1/s1. The van der Waals surface area contributed by atoms with Crippen LogP contribution >= 0.6 is 0 Å². The van der Waals surface area contributed by atoms with Gasteiger partial charge in [-0.05, 0) is 35.4 Å². The lowest BCUT2D eigenvalue weighted by Crippen LogP contribution is -2.34. The third kappa shape index (κ3) is 2.68. The highest BCUT2D eigenvalue weighted by molar-refractivity contribution is 5.34. The second-order valence-corrected chi connectivity index (χ2v) is 6.52. The van der Waals surface area contributed by atoms with E-state index >= 15 is 4.39 Å². The number of fused-ring (bicyclic) bond motifs is 1. The first kappa shape index (κ1) is 16.4. The molecule has 2 heterocycles. The minimum Gasteiger partial charge on any atom is -0.497 e. The molecule has 0 saturated carbocycles. The van der Waals surface area contributed by atoms with E-state index in [9.17, 15) is 0 Å². The van der Waals surface area contributed by atoms with Crippen molar-refractivity contribution in [3.8, 4) is 11.5 Å². The van der Waals surface area contributed by atoms with Gasteiger partial charge in [-0.1, -0.05) is 24.3 Å². The Bertz CT molecular complexity index is 730. The molecule has 2 aromatic carbocycles. The van der Waals surface area contributed by atoms with E-state index in [1.54, 1.807) is 14.2 Å². The molecule has 0 N–H and O–H groups in total. The van der Waals surface area contributed by atoms with Crippen molar-refractivity contribution in [3.63, 3.8) is 0 Å². The average molecular weight is 344 g/mol. The third-order valence-electron chi connectivity index (χ3n) is 5.21. The summed E-state index contributed by atoms with van der Waals surface area (Å²) in [4.78, 5) is 0. The lowest BCUT2D eigenvalue weighted by molar-refractivity contribution is -0.0181. The molecule has 0 aliphatic carbocycles. The summed E-state index contributed by atoms with van der Waals surface area (Å²) in [5, 5.41) is 0. The van der Waals surface area contributed by atoms with Crippen LogP contribution in [0, 0.1) is 5.92 Å². The highest BCUT2D eigenvalue weighted by Gasteiger charge is 2.61. The summed E-state index contributed by atoms with van der Waals surface area (Å²) >= 11 is 0. The molecule has 0 amide bonds. The van der Waals surface area contributed by atoms with Crippen LogP contribution in [0.2, 0.25) is 0 Å². The van der Waals surface area contributed by atoms with Crippen molar-refractivity contribution in [2.75, 3.05) is 27.4 Å². The summed E-state index contributed by atoms with van der Waals surface area (Å²) in [5.74, 6) is 1.19. The van der Waals surface area contributed by atoms with E-state index in [0.29, 0.717) is 6.61 Å². The van der Waals surface area contributed by atoms with Crippen LogP contribution in [-0.2, 0) is 9.47 Å². The van der Waals surface area contributed by atoms with Crippen molar-refractivity contribution in [2.24, 2.45) is 5.92 Å². The maximum Gasteiger partial charge on any atom is 0.172 e. The van der Waals surface area contributed by atoms with Crippen LogP contribution in [0.5, 0.6) is 11.5 Å². The third-order valence-corrected chi connectivity index (χ3v) is 5.21. The van der Waals surface area contributed by atoms with E-state index in [0.717, 1.165) is 22.6 Å². The number of hydrogen-bond acceptors (Lipinski definition) is 4. The van der Waals surface area contributed by atoms with Gasteiger partial charge in [-0.25, -0.2) is 4.39 Å². The monoisotopic (exact) mass is 344 g/mol. The van der Waals surface area contributed by atoms with E-state index in [1.807, 2.05) is 48.5 Å². The second-order valence-electron chi connectivity index (χ2n) is 6.52. The molecule has 0 bridgehead atoms. The van der Waals surface area contributed by atoms with Crippen molar-refractivity contribution in [2.45, 2.75) is 17.9 Å². The molecule has 1 unspecified atom stereocenters. The predicted octanol–water partition coefficient (Wildman–Crippen LogP) is 3.87. The lowest BCUT2D eigenvalue weighted by atomic mass is 9.82. The molecular weight excluding hydrogens is 323 g/mol. The zero-order chi connectivity index (χ0) is 17.4. The Balaban J connectivity index is 1.58. The quantitative estimate of drug-likeness (QED) is 0.844. The topological polar surface area (TPSA) is 36.9 Å². The molecule has 4 nitrogen and oxygen atoms in total. The van der Waals surface area contributed by atoms with Crippen molar-refractivity contribution in [3.05, 3.63) is 59.7 Å². The van der Waals surface area contributed by atoms with Gasteiger partial charge in [0.05, 0.1) is 39.5 Å². The molecule has 5 heteroatoms.